The largest absolute Gasteiger partial charge is 0.508 e. The number of aliphatic hydroxyl groups is 6. The molecule has 2 fully saturated rings. The maximum atomic E-state index is 13.1. The normalized spacial score (nSPS) is 34.6. The summed E-state index contributed by atoms with van der Waals surface area (Å²) in [7, 11) is 0. The van der Waals surface area contributed by atoms with Gasteiger partial charge in [0.2, 0.25) is 6.29 Å². The zero-order valence-electron chi connectivity index (χ0n) is 22.8. The van der Waals surface area contributed by atoms with Gasteiger partial charge in [-0.15, -0.1) is 0 Å². The molecule has 14 nitrogen and oxygen atoms in total. The van der Waals surface area contributed by atoms with Gasteiger partial charge in [0, 0.05) is 11.1 Å². The summed E-state index contributed by atoms with van der Waals surface area (Å²) in [5.74, 6) is -0.674. The number of hydrogen-bond donors (Lipinski definition) is 8. The Labute approximate surface area is 239 Å². The minimum Gasteiger partial charge on any atom is -0.508 e. The minimum atomic E-state index is -1.94. The van der Waals surface area contributed by atoms with Crippen molar-refractivity contribution in [3.05, 3.63) is 46.5 Å². The number of phenolic OH excluding ortho intramolecular Hbond substituents is 2. The monoisotopic (exact) mass is 594 g/mol. The SMILES string of the molecule is Cc1c(O)c2c(c(C)c1O[C@@H]1O[C@H](CO[C@@H]3OC[C@](O)(CO)[C@H]3O)[C@@H](O)[C@H](O)[C@H]1O)O[C@H](c1ccc(O)cc1)CC2=O. The second-order valence-electron chi connectivity index (χ2n) is 10.8. The first-order valence-corrected chi connectivity index (χ1v) is 13.3. The van der Waals surface area contributed by atoms with Crippen LogP contribution >= 0.6 is 0 Å². The fourth-order valence-electron chi connectivity index (χ4n) is 5.28. The van der Waals surface area contributed by atoms with E-state index < -0.39 is 80.4 Å². The minimum absolute atomic E-state index is 0.000252. The number of rotatable bonds is 7. The predicted octanol–water partition coefficient (Wildman–Crippen LogP) is -0.935. The molecule has 14 heteroatoms. The lowest BCUT2D eigenvalue weighted by atomic mass is 9.91. The maximum absolute atomic E-state index is 13.1. The van der Waals surface area contributed by atoms with Gasteiger partial charge in [-0.3, -0.25) is 4.79 Å². The van der Waals surface area contributed by atoms with E-state index in [1.807, 2.05) is 0 Å². The lowest BCUT2D eigenvalue weighted by Crippen LogP contribution is -2.60. The molecule has 0 aromatic heterocycles. The van der Waals surface area contributed by atoms with Crippen LogP contribution in [0.25, 0.3) is 0 Å². The first-order chi connectivity index (χ1) is 19.9. The molecule has 0 amide bonds. The summed E-state index contributed by atoms with van der Waals surface area (Å²) >= 11 is 0. The highest BCUT2D eigenvalue weighted by Crippen LogP contribution is 2.48. The molecular formula is C28H34O14. The zero-order valence-corrected chi connectivity index (χ0v) is 22.8. The molecule has 230 valence electrons. The van der Waals surface area contributed by atoms with Gasteiger partial charge >= 0.3 is 0 Å². The van der Waals surface area contributed by atoms with Crippen molar-refractivity contribution in [2.24, 2.45) is 0 Å². The van der Waals surface area contributed by atoms with Gasteiger partial charge in [0.25, 0.3) is 0 Å². The average Bonchev–Trinajstić information content (AvgIpc) is 3.26. The number of benzene rings is 2. The third kappa shape index (κ3) is 5.30. The van der Waals surface area contributed by atoms with Crippen molar-refractivity contribution in [2.75, 3.05) is 19.8 Å². The number of aromatic hydroxyl groups is 2. The summed E-state index contributed by atoms with van der Waals surface area (Å²) < 4.78 is 28.3. The summed E-state index contributed by atoms with van der Waals surface area (Å²) in [6, 6.07) is 6.14. The molecule has 0 saturated carbocycles. The van der Waals surface area contributed by atoms with Gasteiger partial charge in [-0.25, -0.2) is 0 Å². The zero-order chi connectivity index (χ0) is 30.5. The quantitative estimate of drug-likeness (QED) is 0.194. The van der Waals surface area contributed by atoms with Gasteiger partial charge in [0.05, 0.1) is 26.2 Å². The average molecular weight is 595 g/mol. The summed E-state index contributed by atoms with van der Waals surface area (Å²) in [5, 5.41) is 81.9. The summed E-state index contributed by atoms with van der Waals surface area (Å²) in [5.41, 5.74) is -0.911. The van der Waals surface area contributed by atoms with Crippen molar-refractivity contribution in [3.8, 4) is 23.0 Å². The van der Waals surface area contributed by atoms with Gasteiger partial charge in [0.1, 0.15) is 70.8 Å². The highest BCUT2D eigenvalue weighted by Gasteiger charge is 2.50. The lowest BCUT2D eigenvalue weighted by Gasteiger charge is -2.41. The standard InChI is InChI=1S/C28H34O14/c1-11-19(32)18-15(31)7-16(13-3-5-14(30)6-4-13)40-24(18)12(2)23(11)42-26-22(35)21(34)20(33)17(41-26)8-38-27-25(36)28(37,9-29)10-39-27/h3-6,16-17,20-22,25-27,29-30,32-37H,7-10H2,1-2H3/t16-,17+,20+,21-,22+,25-,26-,27+,28+/m0/s1. The predicted molar refractivity (Wildman–Crippen MR) is 139 cm³/mol. The third-order valence-corrected chi connectivity index (χ3v) is 7.92. The molecule has 5 rings (SSSR count). The van der Waals surface area contributed by atoms with Crippen molar-refractivity contribution >= 4 is 5.78 Å². The molecule has 2 saturated heterocycles. The van der Waals surface area contributed by atoms with E-state index in [9.17, 15) is 45.6 Å². The molecule has 42 heavy (non-hydrogen) atoms. The Bertz CT molecular complexity index is 1310. The van der Waals surface area contributed by atoms with Crippen LogP contribution in [0.2, 0.25) is 0 Å². The first-order valence-electron chi connectivity index (χ1n) is 13.3. The van der Waals surface area contributed by atoms with Crippen LogP contribution in [0.3, 0.4) is 0 Å². The number of phenols is 2. The molecule has 9 atom stereocenters. The molecule has 2 aromatic rings. The van der Waals surface area contributed by atoms with Crippen LogP contribution in [-0.4, -0.2) is 115 Å². The van der Waals surface area contributed by atoms with Crippen molar-refractivity contribution in [2.45, 2.75) is 75.1 Å². The second-order valence-corrected chi connectivity index (χ2v) is 10.8. The number of carbonyl (C=O) groups is 1. The molecule has 0 unspecified atom stereocenters. The van der Waals surface area contributed by atoms with E-state index in [2.05, 4.69) is 0 Å². The Morgan fingerprint density at radius 3 is 2.31 bits per heavy atom. The van der Waals surface area contributed by atoms with Crippen molar-refractivity contribution in [1.29, 1.82) is 0 Å². The van der Waals surface area contributed by atoms with Gasteiger partial charge in [-0.05, 0) is 31.5 Å². The van der Waals surface area contributed by atoms with Crippen LogP contribution < -0.4 is 9.47 Å². The van der Waals surface area contributed by atoms with E-state index in [0.717, 1.165) is 0 Å². The fourth-order valence-corrected chi connectivity index (χ4v) is 5.28. The number of hydrogen-bond acceptors (Lipinski definition) is 14. The van der Waals surface area contributed by atoms with E-state index in [1.165, 1.54) is 19.1 Å². The van der Waals surface area contributed by atoms with E-state index in [-0.39, 0.29) is 40.6 Å². The molecule has 0 aliphatic carbocycles. The van der Waals surface area contributed by atoms with E-state index in [0.29, 0.717) is 11.1 Å². The maximum Gasteiger partial charge on any atom is 0.229 e. The highest BCUT2D eigenvalue weighted by atomic mass is 16.7. The van der Waals surface area contributed by atoms with E-state index in [4.69, 9.17) is 23.7 Å². The molecule has 0 radical (unpaired) electrons. The Balaban J connectivity index is 1.37. The molecule has 8 N–H and O–H groups in total. The topological polar surface area (TPSA) is 225 Å². The van der Waals surface area contributed by atoms with Crippen molar-refractivity contribution < 1.29 is 69.3 Å². The summed E-state index contributed by atoms with van der Waals surface area (Å²) in [6.45, 7) is 1.39. The molecule has 2 aromatic carbocycles. The molecule has 3 aliphatic rings. The van der Waals surface area contributed by atoms with Gasteiger partial charge in [-0.1, -0.05) is 12.1 Å². The molecule has 0 bridgehead atoms. The van der Waals surface area contributed by atoms with Gasteiger partial charge in [-0.2, -0.15) is 0 Å². The van der Waals surface area contributed by atoms with Crippen LogP contribution in [0.5, 0.6) is 23.0 Å². The fraction of sp³-hybridized carbons (Fsp3) is 0.536. The summed E-state index contributed by atoms with van der Waals surface area (Å²) in [4.78, 5) is 13.1. The van der Waals surface area contributed by atoms with E-state index >= 15 is 0 Å². The number of fused-ring (bicyclic) bond motifs is 1. The lowest BCUT2D eigenvalue weighted by molar-refractivity contribution is -0.289. The van der Waals surface area contributed by atoms with Crippen LogP contribution in [0.1, 0.15) is 39.6 Å². The highest BCUT2D eigenvalue weighted by molar-refractivity contribution is 6.03. The van der Waals surface area contributed by atoms with Crippen LogP contribution in [0.15, 0.2) is 24.3 Å². The van der Waals surface area contributed by atoms with Crippen LogP contribution in [0, 0.1) is 13.8 Å². The summed E-state index contributed by atoms with van der Waals surface area (Å²) in [6.07, 6.45) is -11.8. The van der Waals surface area contributed by atoms with Gasteiger partial charge in [0.15, 0.2) is 12.1 Å². The molecule has 3 aliphatic heterocycles. The van der Waals surface area contributed by atoms with Crippen LogP contribution in [-0.2, 0) is 14.2 Å². The Kier molecular flexibility index (Phi) is 8.37. The molecular weight excluding hydrogens is 560 g/mol. The Morgan fingerprint density at radius 2 is 1.67 bits per heavy atom. The molecule has 3 heterocycles. The number of aliphatic hydroxyl groups excluding tert-OH is 5. The third-order valence-electron chi connectivity index (χ3n) is 7.92. The number of Topliss-reactive ketones (excluding diaryl/α,β-unsaturated/α-hetero) is 1. The first kappa shape index (κ1) is 30.4. The smallest absolute Gasteiger partial charge is 0.229 e. The van der Waals surface area contributed by atoms with E-state index in [1.54, 1.807) is 19.1 Å². The number of carbonyl (C=O) groups excluding carboxylic acids is 1. The van der Waals surface area contributed by atoms with Crippen molar-refractivity contribution in [1.82, 2.24) is 0 Å². The Morgan fingerprint density at radius 1 is 0.976 bits per heavy atom. The number of ketones is 1. The van der Waals surface area contributed by atoms with Gasteiger partial charge < -0.3 is 64.5 Å². The molecule has 0 spiro atoms. The Hall–Kier alpha value is -3.05. The number of ether oxygens (including phenoxy) is 5. The van der Waals surface area contributed by atoms with Crippen molar-refractivity contribution in [3.63, 3.8) is 0 Å². The second kappa shape index (κ2) is 11.6. The van der Waals surface area contributed by atoms with Crippen LogP contribution in [0.4, 0.5) is 0 Å².